The normalized spacial score (nSPS) is 20.2. The van der Waals surface area contributed by atoms with E-state index in [1.54, 1.807) is 34.7 Å². The molecule has 152 valence electrons. The number of halogens is 2. The molecule has 3 amide bonds. The molecule has 1 aromatic heterocycles. The minimum atomic E-state index is -0.714. The van der Waals surface area contributed by atoms with Crippen LogP contribution >= 0.6 is 11.6 Å². The number of nitrogens with one attached hydrogen (secondary N) is 1. The number of carbonyl (C=O) groups excluding carboxylic acids is 2. The number of rotatable bonds is 3. The molecule has 3 aromatic rings. The van der Waals surface area contributed by atoms with E-state index in [4.69, 9.17) is 11.6 Å². The topological polar surface area (TPSA) is 83.4 Å². The van der Waals surface area contributed by atoms with Crippen molar-refractivity contribution in [3.05, 3.63) is 64.9 Å². The number of carbonyl (C=O) groups is 2. The molecule has 10 heteroatoms. The van der Waals surface area contributed by atoms with Gasteiger partial charge >= 0.3 is 6.03 Å². The second-order valence-corrected chi connectivity index (χ2v) is 7.59. The van der Waals surface area contributed by atoms with Crippen molar-refractivity contribution >= 4 is 29.5 Å². The van der Waals surface area contributed by atoms with Crippen LogP contribution in [0, 0.1) is 5.82 Å². The molecule has 2 atom stereocenters. The average molecular weight is 427 g/mol. The highest BCUT2D eigenvalue weighted by atomic mass is 35.5. The third kappa shape index (κ3) is 2.73. The summed E-state index contributed by atoms with van der Waals surface area (Å²) in [6.07, 6.45) is -0.654. The van der Waals surface area contributed by atoms with Crippen LogP contribution < -0.4 is 10.2 Å². The van der Waals surface area contributed by atoms with Crippen LogP contribution in [-0.4, -0.2) is 44.7 Å². The van der Waals surface area contributed by atoms with Crippen molar-refractivity contribution in [3.63, 3.8) is 0 Å². The summed E-state index contributed by atoms with van der Waals surface area (Å²) in [5.41, 5.74) is 1.44. The van der Waals surface area contributed by atoms with Crippen LogP contribution in [0.2, 0.25) is 5.02 Å². The number of hydrogen-bond donors (Lipinski definition) is 1. The molecule has 0 spiro atoms. The molecule has 30 heavy (non-hydrogen) atoms. The SMILES string of the molecule is CN1C(=O)NC(=O)C2C1n1c(-c3ccc(F)cc3)nnc1N2Cc1ccccc1Cl. The fourth-order valence-electron chi connectivity index (χ4n) is 3.97. The quantitative estimate of drug-likeness (QED) is 0.696. The standard InChI is InChI=1S/C20H16ClFN6O2/c1-26-18-15(17(29)23-20(26)30)27(10-12-4-2-3-5-14(12)21)19-25-24-16(28(18)19)11-6-8-13(22)9-7-11/h2-9,15,18H,10H2,1H3,(H,23,29,30). The van der Waals surface area contributed by atoms with Crippen molar-refractivity contribution in [2.75, 3.05) is 11.9 Å². The van der Waals surface area contributed by atoms with Gasteiger partial charge in [-0.1, -0.05) is 29.8 Å². The number of hydrogen-bond acceptors (Lipinski definition) is 5. The Balaban J connectivity index is 1.65. The number of amides is 3. The Morgan fingerprint density at radius 3 is 2.57 bits per heavy atom. The van der Waals surface area contributed by atoms with Gasteiger partial charge in [0.05, 0.1) is 0 Å². The Bertz CT molecular complexity index is 1160. The number of anilines is 1. The fraction of sp³-hybridized carbons (Fsp3) is 0.200. The molecule has 5 rings (SSSR count). The molecule has 0 aliphatic carbocycles. The van der Waals surface area contributed by atoms with Crippen molar-refractivity contribution in [1.82, 2.24) is 25.0 Å². The molecule has 8 nitrogen and oxygen atoms in total. The molecule has 2 unspecified atom stereocenters. The number of likely N-dealkylation sites (N-methyl/N-ethyl adjacent to an activating group) is 1. The van der Waals surface area contributed by atoms with E-state index in [9.17, 15) is 14.0 Å². The zero-order valence-corrected chi connectivity index (χ0v) is 16.5. The van der Waals surface area contributed by atoms with Gasteiger partial charge in [-0.05, 0) is 35.9 Å². The molecule has 1 N–H and O–H groups in total. The van der Waals surface area contributed by atoms with Gasteiger partial charge in [-0.15, -0.1) is 10.2 Å². The summed E-state index contributed by atoms with van der Waals surface area (Å²) in [4.78, 5) is 28.4. The van der Waals surface area contributed by atoms with Gasteiger partial charge in [0, 0.05) is 24.2 Å². The Hall–Kier alpha value is -3.46. The van der Waals surface area contributed by atoms with E-state index in [0.29, 0.717) is 28.9 Å². The Morgan fingerprint density at radius 2 is 1.83 bits per heavy atom. The van der Waals surface area contributed by atoms with Crippen LogP contribution in [0.4, 0.5) is 15.1 Å². The monoisotopic (exact) mass is 426 g/mol. The van der Waals surface area contributed by atoms with Crippen LogP contribution in [-0.2, 0) is 11.3 Å². The summed E-state index contributed by atoms with van der Waals surface area (Å²) in [7, 11) is 1.61. The second kappa shape index (κ2) is 6.81. The molecular formula is C20H16ClFN6O2. The van der Waals surface area contributed by atoms with E-state index in [1.807, 2.05) is 18.2 Å². The van der Waals surface area contributed by atoms with Crippen LogP contribution in [0.15, 0.2) is 48.5 Å². The van der Waals surface area contributed by atoms with E-state index >= 15 is 0 Å². The highest BCUT2D eigenvalue weighted by molar-refractivity contribution is 6.31. The number of benzene rings is 2. The summed E-state index contributed by atoms with van der Waals surface area (Å²) in [6.45, 7) is 0.303. The maximum Gasteiger partial charge on any atom is 0.325 e. The third-order valence-electron chi connectivity index (χ3n) is 5.43. The smallest absolute Gasteiger partial charge is 0.321 e. The number of aromatic nitrogens is 3. The molecule has 1 fully saturated rings. The lowest BCUT2D eigenvalue weighted by Crippen LogP contribution is -2.61. The zero-order chi connectivity index (χ0) is 21.0. The highest BCUT2D eigenvalue weighted by Crippen LogP contribution is 2.41. The molecular weight excluding hydrogens is 411 g/mol. The van der Waals surface area contributed by atoms with E-state index in [-0.39, 0.29) is 5.82 Å². The first-order valence-corrected chi connectivity index (χ1v) is 9.62. The first-order valence-electron chi connectivity index (χ1n) is 9.24. The first kappa shape index (κ1) is 18.6. The van der Waals surface area contributed by atoms with Gasteiger partial charge in [-0.2, -0.15) is 0 Å². The zero-order valence-electron chi connectivity index (χ0n) is 15.8. The highest BCUT2D eigenvalue weighted by Gasteiger charge is 2.52. The fourth-order valence-corrected chi connectivity index (χ4v) is 4.17. The summed E-state index contributed by atoms with van der Waals surface area (Å²) in [6, 6.07) is 11.9. The molecule has 2 aromatic carbocycles. The van der Waals surface area contributed by atoms with Gasteiger partial charge in [-0.25, -0.2) is 9.18 Å². The van der Waals surface area contributed by atoms with Crippen molar-refractivity contribution < 1.29 is 14.0 Å². The van der Waals surface area contributed by atoms with Gasteiger partial charge < -0.3 is 9.80 Å². The van der Waals surface area contributed by atoms with Gasteiger partial charge in [0.1, 0.15) is 12.0 Å². The molecule has 0 bridgehead atoms. The molecule has 1 saturated heterocycles. The molecule has 2 aliphatic heterocycles. The Kier molecular flexibility index (Phi) is 4.21. The molecule has 0 saturated carbocycles. The minimum Gasteiger partial charge on any atom is -0.321 e. The van der Waals surface area contributed by atoms with Gasteiger partial charge in [0.15, 0.2) is 11.9 Å². The van der Waals surface area contributed by atoms with Crippen molar-refractivity contribution in [1.29, 1.82) is 0 Å². The van der Waals surface area contributed by atoms with Crippen LogP contribution in [0.3, 0.4) is 0 Å². The maximum atomic E-state index is 13.4. The molecule has 0 radical (unpaired) electrons. The second-order valence-electron chi connectivity index (χ2n) is 7.18. The molecule has 2 aliphatic rings. The third-order valence-corrected chi connectivity index (χ3v) is 5.80. The van der Waals surface area contributed by atoms with E-state index in [1.165, 1.54) is 17.0 Å². The van der Waals surface area contributed by atoms with Gasteiger partial charge in [0.2, 0.25) is 5.95 Å². The lowest BCUT2D eigenvalue weighted by molar-refractivity contribution is -0.124. The van der Waals surface area contributed by atoms with E-state index in [0.717, 1.165) is 5.56 Å². The van der Waals surface area contributed by atoms with E-state index < -0.39 is 24.1 Å². The Morgan fingerprint density at radius 1 is 1.10 bits per heavy atom. The minimum absolute atomic E-state index is 0.303. The summed E-state index contributed by atoms with van der Waals surface area (Å²) < 4.78 is 15.1. The van der Waals surface area contributed by atoms with Crippen molar-refractivity contribution in [3.8, 4) is 11.4 Å². The van der Waals surface area contributed by atoms with E-state index in [2.05, 4.69) is 15.5 Å². The lowest BCUT2D eigenvalue weighted by Gasteiger charge is -2.37. The predicted octanol–water partition coefficient (Wildman–Crippen LogP) is 2.81. The lowest BCUT2D eigenvalue weighted by atomic mass is 10.1. The van der Waals surface area contributed by atoms with Crippen LogP contribution in [0.1, 0.15) is 11.7 Å². The van der Waals surface area contributed by atoms with Crippen molar-refractivity contribution in [2.24, 2.45) is 0 Å². The molecule has 3 heterocycles. The largest absolute Gasteiger partial charge is 0.325 e. The number of nitrogens with zero attached hydrogens (tertiary/aromatic N) is 5. The summed E-state index contributed by atoms with van der Waals surface area (Å²) in [5.74, 6) is 0.0742. The summed E-state index contributed by atoms with van der Waals surface area (Å²) in [5, 5.41) is 11.5. The first-order chi connectivity index (χ1) is 14.5. The number of urea groups is 1. The average Bonchev–Trinajstić information content (AvgIpc) is 3.28. The predicted molar refractivity (Wildman–Crippen MR) is 107 cm³/mol. The van der Waals surface area contributed by atoms with Gasteiger partial charge in [-0.3, -0.25) is 14.7 Å². The summed E-state index contributed by atoms with van der Waals surface area (Å²) >= 11 is 6.34. The van der Waals surface area contributed by atoms with Crippen LogP contribution in [0.5, 0.6) is 0 Å². The number of imide groups is 1. The van der Waals surface area contributed by atoms with Gasteiger partial charge in [0.25, 0.3) is 5.91 Å². The maximum absolute atomic E-state index is 13.4. The van der Waals surface area contributed by atoms with Crippen molar-refractivity contribution in [2.45, 2.75) is 18.8 Å². The Labute approximate surface area is 175 Å². The number of fused-ring (bicyclic) bond motifs is 3. The van der Waals surface area contributed by atoms with Crippen LogP contribution in [0.25, 0.3) is 11.4 Å².